The summed E-state index contributed by atoms with van der Waals surface area (Å²) in [5.74, 6) is -7.70. The molecule has 0 radical (unpaired) electrons. The molecular weight excluding hydrogens is 310 g/mol. The zero-order valence-electron chi connectivity index (χ0n) is 12.4. The Balaban J connectivity index is 2.47. The molecule has 0 fully saturated rings. The van der Waals surface area contributed by atoms with Gasteiger partial charge in [0.1, 0.15) is 0 Å². The van der Waals surface area contributed by atoms with Gasteiger partial charge in [0, 0.05) is 0 Å². The van der Waals surface area contributed by atoms with Crippen molar-refractivity contribution in [1.29, 1.82) is 0 Å². The predicted molar refractivity (Wildman–Crippen MR) is 81.3 cm³/mol. The third-order valence-corrected chi connectivity index (χ3v) is 3.29. The van der Waals surface area contributed by atoms with Gasteiger partial charge < -0.3 is 10.5 Å². The van der Waals surface area contributed by atoms with Crippen LogP contribution in [0.15, 0.2) is 24.8 Å². The molecule has 122 valence electrons. The molecule has 0 heterocycles. The van der Waals surface area contributed by atoms with E-state index in [1.165, 1.54) is 6.07 Å². The fourth-order valence-electron chi connectivity index (χ4n) is 2.14. The molecule has 2 rings (SSSR count). The molecule has 0 aliphatic heterocycles. The predicted octanol–water partition coefficient (Wildman–Crippen LogP) is 5.21. The van der Waals surface area contributed by atoms with Crippen LogP contribution in [0.2, 0.25) is 0 Å². The smallest absolute Gasteiger partial charge is 0.205 e. The van der Waals surface area contributed by atoms with Crippen molar-refractivity contribution in [3.8, 4) is 11.5 Å². The van der Waals surface area contributed by atoms with Gasteiger partial charge in [-0.05, 0) is 24.1 Å². The lowest BCUT2D eigenvalue weighted by atomic mass is 10.1. The monoisotopic (exact) mass is 325 g/mol. The van der Waals surface area contributed by atoms with Gasteiger partial charge in [-0.2, -0.15) is 8.78 Å². The van der Waals surface area contributed by atoms with Gasteiger partial charge in [0.2, 0.25) is 17.4 Å². The van der Waals surface area contributed by atoms with Gasteiger partial charge in [-0.15, -0.1) is 0 Å². The van der Waals surface area contributed by atoms with Crippen molar-refractivity contribution < 1.29 is 22.3 Å². The number of nitrogens with two attached hydrogens (primary N) is 1. The first-order valence-corrected chi connectivity index (χ1v) is 6.95. The van der Waals surface area contributed by atoms with Crippen molar-refractivity contribution in [3.63, 3.8) is 0 Å². The van der Waals surface area contributed by atoms with Crippen LogP contribution < -0.4 is 10.5 Å². The summed E-state index contributed by atoms with van der Waals surface area (Å²) in [4.78, 5) is 0. The lowest BCUT2D eigenvalue weighted by Crippen LogP contribution is -2.04. The van der Waals surface area contributed by atoms with Crippen molar-refractivity contribution in [3.05, 3.63) is 59.2 Å². The average Bonchev–Trinajstić information content (AvgIpc) is 2.52. The molecule has 23 heavy (non-hydrogen) atoms. The highest BCUT2D eigenvalue weighted by Gasteiger charge is 2.26. The Bertz CT molecular complexity index is 730. The summed E-state index contributed by atoms with van der Waals surface area (Å²) in [6.45, 7) is 5.10. The van der Waals surface area contributed by atoms with Crippen molar-refractivity contribution >= 4 is 11.8 Å². The number of rotatable bonds is 5. The number of hydrogen-bond donors (Lipinski definition) is 1. The molecule has 0 aliphatic carbocycles. The van der Waals surface area contributed by atoms with E-state index in [9.17, 15) is 17.6 Å². The zero-order chi connectivity index (χ0) is 17.1. The fourth-order valence-corrected chi connectivity index (χ4v) is 2.14. The quantitative estimate of drug-likeness (QED) is 0.465. The molecule has 6 heteroatoms. The highest BCUT2D eigenvalue weighted by molar-refractivity contribution is 5.57. The first-order chi connectivity index (χ1) is 10.9. The topological polar surface area (TPSA) is 35.2 Å². The number of hydrogen-bond acceptors (Lipinski definition) is 2. The second-order valence-electron chi connectivity index (χ2n) is 4.93. The third-order valence-electron chi connectivity index (χ3n) is 3.29. The Morgan fingerprint density at radius 3 is 2.17 bits per heavy atom. The van der Waals surface area contributed by atoms with Crippen molar-refractivity contribution in [2.45, 2.75) is 19.8 Å². The molecular formula is C17H15F4NO. The van der Waals surface area contributed by atoms with Crippen molar-refractivity contribution in [1.82, 2.24) is 0 Å². The molecule has 2 aromatic carbocycles. The van der Waals surface area contributed by atoms with Crippen LogP contribution in [0.4, 0.5) is 23.2 Å². The lowest BCUT2D eigenvalue weighted by Gasteiger charge is -2.13. The third kappa shape index (κ3) is 3.16. The summed E-state index contributed by atoms with van der Waals surface area (Å²) in [6.07, 6.45) is 2.35. The maximum atomic E-state index is 13.9. The van der Waals surface area contributed by atoms with Crippen molar-refractivity contribution in [2.24, 2.45) is 0 Å². The zero-order valence-corrected chi connectivity index (χ0v) is 12.4. The second-order valence-corrected chi connectivity index (χ2v) is 4.93. The molecule has 2 N–H and O–H groups in total. The van der Waals surface area contributed by atoms with Gasteiger partial charge in [-0.1, -0.05) is 32.1 Å². The molecule has 0 spiro atoms. The molecule has 0 amide bonds. The van der Waals surface area contributed by atoms with Gasteiger partial charge in [-0.25, -0.2) is 8.78 Å². The average molecular weight is 325 g/mol. The van der Waals surface area contributed by atoms with E-state index in [4.69, 9.17) is 10.5 Å². The maximum absolute atomic E-state index is 13.9. The standard InChI is InChI=1S/C17H15F4NO/c1-3-5-9-6-7-12(11(22)8-9)23-17-15(20)13(18)10(4-2)14(19)16(17)21/h4,6-8H,2-3,5,22H2,1H3. The Kier molecular flexibility index (Phi) is 4.93. The van der Waals surface area contributed by atoms with E-state index in [0.29, 0.717) is 6.08 Å². The molecule has 0 aromatic heterocycles. The second kappa shape index (κ2) is 6.73. The van der Waals surface area contributed by atoms with Crippen LogP contribution in [-0.2, 0) is 6.42 Å². The summed E-state index contributed by atoms with van der Waals surface area (Å²) in [6, 6.07) is 4.64. The molecule has 0 atom stereocenters. The van der Waals surface area contributed by atoms with E-state index in [-0.39, 0.29) is 11.4 Å². The van der Waals surface area contributed by atoms with Gasteiger partial charge in [0.25, 0.3) is 0 Å². The SMILES string of the molecule is C=Cc1c(F)c(F)c(Oc2ccc(CCC)cc2N)c(F)c1F. The minimum atomic E-state index is -1.64. The number of anilines is 1. The molecule has 2 nitrogen and oxygen atoms in total. The van der Waals surface area contributed by atoms with Gasteiger partial charge in [0.15, 0.2) is 17.4 Å². The molecule has 0 saturated heterocycles. The number of ether oxygens (including phenoxy) is 1. The summed E-state index contributed by atoms with van der Waals surface area (Å²) in [5, 5.41) is 0. The first kappa shape index (κ1) is 16.9. The largest absolute Gasteiger partial charge is 0.449 e. The molecule has 0 unspecified atom stereocenters. The lowest BCUT2D eigenvalue weighted by molar-refractivity contribution is 0.366. The normalized spacial score (nSPS) is 10.7. The highest BCUT2D eigenvalue weighted by atomic mass is 19.2. The molecule has 0 bridgehead atoms. The summed E-state index contributed by atoms with van der Waals surface area (Å²) in [7, 11) is 0. The van der Waals surface area contributed by atoms with Gasteiger partial charge >= 0.3 is 0 Å². The highest BCUT2D eigenvalue weighted by Crippen LogP contribution is 2.36. The van der Waals surface area contributed by atoms with Crippen molar-refractivity contribution in [2.75, 3.05) is 5.73 Å². The number of nitrogen functional groups attached to an aromatic ring is 1. The van der Waals surface area contributed by atoms with Crippen LogP contribution in [0.1, 0.15) is 24.5 Å². The van der Waals surface area contributed by atoms with Crippen LogP contribution in [0, 0.1) is 23.3 Å². The number of aryl methyl sites for hydroxylation is 1. The summed E-state index contributed by atoms with van der Waals surface area (Å²) >= 11 is 0. The van der Waals surface area contributed by atoms with Crippen LogP contribution in [-0.4, -0.2) is 0 Å². The van der Waals surface area contributed by atoms with Crippen LogP contribution >= 0.6 is 0 Å². The fraction of sp³-hybridized carbons (Fsp3) is 0.176. The minimum Gasteiger partial charge on any atom is -0.449 e. The van der Waals surface area contributed by atoms with E-state index in [1.54, 1.807) is 12.1 Å². The van der Waals surface area contributed by atoms with E-state index in [0.717, 1.165) is 18.4 Å². The first-order valence-electron chi connectivity index (χ1n) is 6.95. The number of halogens is 4. The Hall–Kier alpha value is -2.50. The Morgan fingerprint density at radius 1 is 1.09 bits per heavy atom. The Labute approximate surface area is 131 Å². The minimum absolute atomic E-state index is 0.0900. The Morgan fingerprint density at radius 2 is 1.70 bits per heavy atom. The van der Waals surface area contributed by atoms with Gasteiger partial charge in [-0.3, -0.25) is 0 Å². The molecule has 0 aliphatic rings. The van der Waals surface area contributed by atoms with E-state index in [1.807, 2.05) is 6.92 Å². The van der Waals surface area contributed by atoms with Crippen LogP contribution in [0.25, 0.3) is 6.08 Å². The summed E-state index contributed by atoms with van der Waals surface area (Å²) < 4.78 is 60.2. The van der Waals surface area contributed by atoms with E-state index in [2.05, 4.69) is 6.58 Å². The van der Waals surface area contributed by atoms with E-state index < -0.39 is 34.6 Å². The van der Waals surface area contributed by atoms with Crippen LogP contribution in [0.5, 0.6) is 11.5 Å². The molecule has 0 saturated carbocycles. The van der Waals surface area contributed by atoms with Gasteiger partial charge in [0.05, 0.1) is 11.3 Å². The number of benzene rings is 2. The molecule has 2 aromatic rings. The maximum Gasteiger partial charge on any atom is 0.205 e. The van der Waals surface area contributed by atoms with E-state index >= 15 is 0 Å². The van der Waals surface area contributed by atoms with Crippen LogP contribution in [0.3, 0.4) is 0 Å². The summed E-state index contributed by atoms with van der Waals surface area (Å²) in [5.41, 5.74) is 5.90.